The first-order valence-electron chi connectivity index (χ1n) is 8.97. The molecule has 14 heteroatoms. The normalized spacial score (nSPS) is 12.4. The van der Waals surface area contributed by atoms with Gasteiger partial charge in [-0.25, -0.2) is 9.98 Å². The lowest BCUT2D eigenvalue weighted by Crippen LogP contribution is -2.32. The third-order valence-corrected chi connectivity index (χ3v) is 3.77. The number of aliphatic imine (C=N–C) groups is 2. The van der Waals surface area contributed by atoms with E-state index < -0.39 is 35.7 Å². The van der Waals surface area contributed by atoms with Crippen LogP contribution in [0, 0.1) is 10.8 Å². The summed E-state index contributed by atoms with van der Waals surface area (Å²) in [6, 6.07) is 11.8. The molecule has 34 heavy (non-hydrogen) atoms. The van der Waals surface area contributed by atoms with Crippen molar-refractivity contribution >= 4 is 23.3 Å². The predicted molar refractivity (Wildman–Crippen MR) is 115 cm³/mol. The van der Waals surface area contributed by atoms with Gasteiger partial charge in [-0.05, 0) is 48.5 Å². The Kier molecular flexibility index (Phi) is 9.59. The number of nitrogens with zero attached hydrogens (tertiary/aromatic N) is 2. The molecule has 6 N–H and O–H groups in total. The maximum atomic E-state index is 12.1. The minimum atomic E-state index is -4.72. The Hall–Kier alpha value is -4.10. The molecule has 0 saturated heterocycles. The minimum absolute atomic E-state index is 0.220. The van der Waals surface area contributed by atoms with Crippen molar-refractivity contribution in [2.75, 3.05) is 14.2 Å². The zero-order valence-corrected chi connectivity index (χ0v) is 17.8. The Morgan fingerprint density at radius 3 is 1.12 bits per heavy atom. The van der Waals surface area contributed by atoms with Gasteiger partial charge >= 0.3 is 12.4 Å². The first-order valence-corrected chi connectivity index (χ1v) is 8.97. The number of hydrogen-bond donors (Lipinski definition) is 4. The number of alkyl halides is 6. The first-order chi connectivity index (χ1) is 15.7. The van der Waals surface area contributed by atoms with E-state index in [-0.39, 0.29) is 11.1 Å². The second-order valence-corrected chi connectivity index (χ2v) is 6.14. The van der Waals surface area contributed by atoms with Gasteiger partial charge < -0.3 is 20.9 Å². The van der Waals surface area contributed by atoms with Crippen LogP contribution in [0.25, 0.3) is 0 Å². The van der Waals surface area contributed by atoms with Crippen molar-refractivity contribution in [3.8, 4) is 11.5 Å². The van der Waals surface area contributed by atoms with Gasteiger partial charge in [-0.15, -0.1) is 0 Å². The van der Waals surface area contributed by atoms with Crippen molar-refractivity contribution in [2.45, 2.75) is 12.4 Å². The molecule has 0 heterocycles. The summed E-state index contributed by atoms with van der Waals surface area (Å²) in [5.74, 6) is -3.12. The fourth-order valence-electron chi connectivity index (χ4n) is 1.99. The highest BCUT2D eigenvalue weighted by molar-refractivity contribution is 6.06. The fourth-order valence-corrected chi connectivity index (χ4v) is 1.99. The zero-order valence-electron chi connectivity index (χ0n) is 17.8. The summed E-state index contributed by atoms with van der Waals surface area (Å²) in [6.45, 7) is 0. The SMILES string of the molecule is COc1ccc(C(=N)N=C(N)C(F)(F)F)cc1.COc1ccc(C(=N)N=C(N)C(F)(F)F)cc1. The van der Waals surface area contributed by atoms with E-state index in [1.54, 1.807) is 0 Å². The van der Waals surface area contributed by atoms with E-state index in [9.17, 15) is 26.3 Å². The number of benzene rings is 2. The molecule has 0 aliphatic heterocycles. The van der Waals surface area contributed by atoms with Gasteiger partial charge in [-0.3, -0.25) is 10.8 Å². The van der Waals surface area contributed by atoms with Crippen LogP contribution in [0.1, 0.15) is 11.1 Å². The van der Waals surface area contributed by atoms with Crippen LogP contribution in [0.4, 0.5) is 26.3 Å². The molecule has 184 valence electrons. The minimum Gasteiger partial charge on any atom is -0.497 e. The Bertz CT molecular complexity index is 960. The molecule has 0 spiro atoms. The number of halogens is 6. The van der Waals surface area contributed by atoms with Crippen LogP contribution in [-0.4, -0.2) is 49.9 Å². The van der Waals surface area contributed by atoms with Crippen molar-refractivity contribution in [3.63, 3.8) is 0 Å². The number of amidine groups is 4. The summed E-state index contributed by atoms with van der Waals surface area (Å²) >= 11 is 0. The highest BCUT2D eigenvalue weighted by Crippen LogP contribution is 2.17. The molecule has 0 atom stereocenters. The van der Waals surface area contributed by atoms with E-state index >= 15 is 0 Å². The van der Waals surface area contributed by atoms with E-state index in [0.29, 0.717) is 11.5 Å². The quantitative estimate of drug-likeness (QED) is 0.293. The molecule has 2 aromatic carbocycles. The topological polar surface area (TPSA) is 143 Å². The monoisotopic (exact) mass is 490 g/mol. The lowest BCUT2D eigenvalue weighted by molar-refractivity contribution is -0.0605. The molecule has 0 bridgehead atoms. The van der Waals surface area contributed by atoms with Crippen molar-refractivity contribution in [1.82, 2.24) is 0 Å². The second-order valence-electron chi connectivity index (χ2n) is 6.14. The molecule has 0 saturated carbocycles. The summed E-state index contributed by atoms with van der Waals surface area (Å²) in [7, 11) is 2.92. The van der Waals surface area contributed by atoms with Gasteiger partial charge in [0.2, 0.25) is 11.7 Å². The molecule has 0 aliphatic rings. The maximum Gasteiger partial charge on any atom is 0.449 e. The molecule has 2 rings (SSSR count). The Balaban J connectivity index is 0.000000340. The van der Waals surface area contributed by atoms with Crippen molar-refractivity contribution < 1.29 is 35.8 Å². The standard InChI is InChI=1S/2C10H10F3N3O/c2*1-17-7-4-2-6(3-5-7)8(14)16-9(15)10(11,12)13/h2*2-5H,1H3,(H3,14,15,16). The van der Waals surface area contributed by atoms with Crippen LogP contribution in [0.5, 0.6) is 11.5 Å². The third-order valence-electron chi connectivity index (χ3n) is 3.77. The summed E-state index contributed by atoms with van der Waals surface area (Å²) < 4.78 is 82.2. The fraction of sp³-hybridized carbons (Fsp3) is 0.200. The van der Waals surface area contributed by atoms with E-state index in [0.717, 1.165) is 0 Å². The number of ether oxygens (including phenoxy) is 2. The molecule has 0 amide bonds. The molecule has 0 unspecified atom stereocenters. The molecular weight excluding hydrogens is 470 g/mol. The molecule has 0 aromatic heterocycles. The Morgan fingerprint density at radius 1 is 0.647 bits per heavy atom. The number of methoxy groups -OCH3 is 2. The van der Waals surface area contributed by atoms with E-state index in [2.05, 4.69) is 9.98 Å². The van der Waals surface area contributed by atoms with Crippen LogP contribution in [0.3, 0.4) is 0 Å². The van der Waals surface area contributed by atoms with Gasteiger partial charge in [0.1, 0.15) is 11.5 Å². The summed E-state index contributed by atoms with van der Waals surface area (Å²) in [5.41, 5.74) is 9.85. The average Bonchev–Trinajstić information content (AvgIpc) is 2.78. The van der Waals surface area contributed by atoms with Gasteiger partial charge in [0.15, 0.2) is 11.7 Å². The maximum absolute atomic E-state index is 12.1. The van der Waals surface area contributed by atoms with Gasteiger partial charge in [0, 0.05) is 11.1 Å². The second kappa shape index (κ2) is 11.7. The van der Waals surface area contributed by atoms with Gasteiger partial charge in [0.05, 0.1) is 14.2 Å². The Labute approximate surface area is 189 Å². The van der Waals surface area contributed by atoms with Crippen molar-refractivity contribution in [1.29, 1.82) is 10.8 Å². The van der Waals surface area contributed by atoms with Gasteiger partial charge in [-0.1, -0.05) is 0 Å². The van der Waals surface area contributed by atoms with Gasteiger partial charge in [-0.2, -0.15) is 26.3 Å². The number of nitrogens with one attached hydrogen (secondary N) is 2. The summed E-state index contributed by atoms with van der Waals surface area (Å²) in [6.07, 6.45) is -9.45. The molecule has 2 aromatic rings. The van der Waals surface area contributed by atoms with Crippen LogP contribution >= 0.6 is 0 Å². The highest BCUT2D eigenvalue weighted by Gasteiger charge is 2.34. The molecule has 8 nitrogen and oxygen atoms in total. The van der Waals surface area contributed by atoms with Crippen molar-refractivity contribution in [2.24, 2.45) is 21.5 Å². The Morgan fingerprint density at radius 2 is 0.912 bits per heavy atom. The third kappa shape index (κ3) is 8.80. The van der Waals surface area contributed by atoms with E-state index in [1.807, 2.05) is 0 Å². The lowest BCUT2D eigenvalue weighted by atomic mass is 10.2. The van der Waals surface area contributed by atoms with Crippen LogP contribution in [-0.2, 0) is 0 Å². The summed E-state index contributed by atoms with van der Waals surface area (Å²) in [5, 5.41) is 14.7. The number of rotatable bonds is 4. The molecule has 0 radical (unpaired) electrons. The number of nitrogens with two attached hydrogens (primary N) is 2. The summed E-state index contributed by atoms with van der Waals surface area (Å²) in [4.78, 5) is 5.97. The van der Waals surface area contributed by atoms with Crippen LogP contribution in [0.2, 0.25) is 0 Å². The highest BCUT2D eigenvalue weighted by atomic mass is 19.4. The zero-order chi connectivity index (χ0) is 26.1. The van der Waals surface area contributed by atoms with E-state index in [1.165, 1.54) is 62.8 Å². The molecule has 0 fully saturated rings. The van der Waals surface area contributed by atoms with Crippen LogP contribution < -0.4 is 20.9 Å². The van der Waals surface area contributed by atoms with Gasteiger partial charge in [0.25, 0.3) is 0 Å². The van der Waals surface area contributed by atoms with E-state index in [4.69, 9.17) is 31.8 Å². The first kappa shape index (κ1) is 27.9. The van der Waals surface area contributed by atoms with Crippen LogP contribution in [0.15, 0.2) is 58.5 Å². The largest absolute Gasteiger partial charge is 0.497 e. The smallest absolute Gasteiger partial charge is 0.449 e. The lowest BCUT2D eigenvalue weighted by Gasteiger charge is -2.06. The average molecular weight is 490 g/mol. The molecular formula is C20H20F6N6O2. The predicted octanol–water partition coefficient (Wildman–Crippen LogP) is 3.88. The molecule has 0 aliphatic carbocycles. The number of hydrogen-bond acceptors (Lipinski definition) is 4. The van der Waals surface area contributed by atoms with Crippen molar-refractivity contribution in [3.05, 3.63) is 59.7 Å².